The Kier molecular flexibility index (Phi) is 5.69. The van der Waals surface area contributed by atoms with Gasteiger partial charge in [-0.1, -0.05) is 20.8 Å². The first-order chi connectivity index (χ1) is 6.69. The second-order valence-corrected chi connectivity index (χ2v) is 5.06. The van der Waals surface area contributed by atoms with Gasteiger partial charge in [0.15, 0.2) is 0 Å². The van der Waals surface area contributed by atoms with Crippen LogP contribution in [0.2, 0.25) is 0 Å². The van der Waals surface area contributed by atoms with Gasteiger partial charge in [0, 0.05) is 0 Å². The third-order valence-electron chi connectivity index (χ3n) is 2.15. The van der Waals surface area contributed by atoms with Crippen LogP contribution in [0.4, 0.5) is 0 Å². The Morgan fingerprint density at radius 3 is 1.60 bits per heavy atom. The van der Waals surface area contributed by atoms with E-state index in [0.29, 0.717) is 6.42 Å². The Balaban J connectivity index is 4.25. The molecule has 4 atom stereocenters. The molecular formula is C10H22O5. The van der Waals surface area contributed by atoms with Gasteiger partial charge in [0.2, 0.25) is 0 Å². The van der Waals surface area contributed by atoms with E-state index in [2.05, 4.69) is 0 Å². The largest absolute Gasteiger partial charge is 0.394 e. The van der Waals surface area contributed by atoms with Crippen molar-refractivity contribution in [1.29, 1.82) is 0 Å². The van der Waals surface area contributed by atoms with Crippen LogP contribution >= 0.6 is 0 Å². The molecule has 0 aromatic rings. The first kappa shape index (κ1) is 14.8. The summed E-state index contributed by atoms with van der Waals surface area (Å²) in [6, 6.07) is 0. The zero-order valence-electron chi connectivity index (χ0n) is 9.46. The molecule has 0 heterocycles. The molecule has 5 N–H and O–H groups in total. The van der Waals surface area contributed by atoms with E-state index in [1.807, 2.05) is 20.8 Å². The number of rotatable bonds is 5. The highest BCUT2D eigenvalue weighted by Gasteiger charge is 2.32. The number of hydrogen-bond donors (Lipinski definition) is 5. The predicted molar refractivity (Wildman–Crippen MR) is 55.2 cm³/mol. The SMILES string of the molecule is CC(C)(C)C[C@H](O)[C@H](O)[C@H](O)[C@@H](O)CO. The van der Waals surface area contributed by atoms with Crippen molar-refractivity contribution in [3.05, 3.63) is 0 Å². The van der Waals surface area contributed by atoms with Crippen LogP contribution in [-0.2, 0) is 0 Å². The van der Waals surface area contributed by atoms with Crippen molar-refractivity contribution in [2.75, 3.05) is 6.61 Å². The summed E-state index contributed by atoms with van der Waals surface area (Å²) < 4.78 is 0. The number of aliphatic hydroxyl groups is 5. The van der Waals surface area contributed by atoms with Crippen LogP contribution in [0, 0.1) is 5.41 Å². The van der Waals surface area contributed by atoms with Crippen LogP contribution in [-0.4, -0.2) is 56.6 Å². The molecule has 0 aromatic heterocycles. The van der Waals surface area contributed by atoms with Gasteiger partial charge in [-0.15, -0.1) is 0 Å². The van der Waals surface area contributed by atoms with Crippen molar-refractivity contribution in [2.24, 2.45) is 5.41 Å². The van der Waals surface area contributed by atoms with E-state index in [0.717, 1.165) is 0 Å². The van der Waals surface area contributed by atoms with Gasteiger partial charge in [0.25, 0.3) is 0 Å². The molecule has 0 rings (SSSR count). The maximum absolute atomic E-state index is 9.57. The molecule has 0 aliphatic heterocycles. The van der Waals surface area contributed by atoms with E-state index in [1.54, 1.807) is 0 Å². The number of hydrogen-bond acceptors (Lipinski definition) is 5. The van der Waals surface area contributed by atoms with Crippen molar-refractivity contribution < 1.29 is 25.5 Å². The first-order valence-electron chi connectivity index (χ1n) is 5.02. The fourth-order valence-electron chi connectivity index (χ4n) is 1.31. The van der Waals surface area contributed by atoms with E-state index < -0.39 is 31.0 Å². The summed E-state index contributed by atoms with van der Waals surface area (Å²) in [4.78, 5) is 0. The molecule has 0 saturated heterocycles. The van der Waals surface area contributed by atoms with Gasteiger partial charge in [-0.2, -0.15) is 0 Å². The second-order valence-electron chi connectivity index (χ2n) is 5.06. The average Bonchev–Trinajstić information content (AvgIpc) is 2.11. The van der Waals surface area contributed by atoms with Crippen LogP contribution in [0.5, 0.6) is 0 Å². The summed E-state index contributed by atoms with van der Waals surface area (Å²) in [6.07, 6.45) is -5.25. The van der Waals surface area contributed by atoms with E-state index in [4.69, 9.17) is 10.2 Å². The van der Waals surface area contributed by atoms with Crippen LogP contribution in [0.25, 0.3) is 0 Å². The maximum Gasteiger partial charge on any atom is 0.110 e. The molecule has 0 aromatic carbocycles. The molecule has 5 heteroatoms. The molecule has 0 unspecified atom stereocenters. The smallest absolute Gasteiger partial charge is 0.110 e. The van der Waals surface area contributed by atoms with Crippen molar-refractivity contribution >= 4 is 0 Å². The second kappa shape index (κ2) is 5.77. The lowest BCUT2D eigenvalue weighted by molar-refractivity contribution is -0.121. The molecule has 5 nitrogen and oxygen atoms in total. The summed E-state index contributed by atoms with van der Waals surface area (Å²) in [5, 5.41) is 46.0. The van der Waals surface area contributed by atoms with E-state index in [1.165, 1.54) is 0 Å². The van der Waals surface area contributed by atoms with Crippen LogP contribution in [0.3, 0.4) is 0 Å². The minimum absolute atomic E-state index is 0.190. The Labute approximate surface area is 90.0 Å². The molecule has 0 amide bonds. The summed E-state index contributed by atoms with van der Waals surface area (Å²) in [7, 11) is 0. The fourth-order valence-corrected chi connectivity index (χ4v) is 1.31. The molecule has 15 heavy (non-hydrogen) atoms. The molecule has 0 aliphatic carbocycles. The standard InChI is InChI=1S/C10H22O5/c1-10(2,3)4-6(12)8(14)9(15)7(13)5-11/h6-9,11-15H,4-5H2,1-3H3/t6-,7-,8-,9+/m0/s1. The lowest BCUT2D eigenvalue weighted by Gasteiger charge is -2.29. The predicted octanol–water partition coefficient (Wildman–Crippen LogP) is -1.14. The Morgan fingerprint density at radius 1 is 0.867 bits per heavy atom. The molecule has 92 valence electrons. The van der Waals surface area contributed by atoms with Crippen molar-refractivity contribution in [3.63, 3.8) is 0 Å². The monoisotopic (exact) mass is 222 g/mol. The summed E-state index contributed by atoms with van der Waals surface area (Å²) in [6.45, 7) is 5.01. The Morgan fingerprint density at radius 2 is 1.27 bits per heavy atom. The van der Waals surface area contributed by atoms with Crippen LogP contribution < -0.4 is 0 Å². The molecule has 0 bridgehead atoms. The quantitative estimate of drug-likeness (QED) is 0.405. The minimum atomic E-state index is -1.53. The van der Waals surface area contributed by atoms with E-state index in [9.17, 15) is 15.3 Å². The minimum Gasteiger partial charge on any atom is -0.394 e. The topological polar surface area (TPSA) is 101 Å². The lowest BCUT2D eigenvalue weighted by atomic mass is 9.86. The van der Waals surface area contributed by atoms with Gasteiger partial charge in [-0.25, -0.2) is 0 Å². The third kappa shape index (κ3) is 5.44. The zero-order chi connectivity index (χ0) is 12.2. The zero-order valence-corrected chi connectivity index (χ0v) is 9.46. The molecule has 0 spiro atoms. The van der Waals surface area contributed by atoms with Crippen molar-refractivity contribution in [1.82, 2.24) is 0 Å². The first-order valence-corrected chi connectivity index (χ1v) is 5.02. The van der Waals surface area contributed by atoms with Gasteiger partial charge >= 0.3 is 0 Å². The van der Waals surface area contributed by atoms with Gasteiger partial charge in [-0.05, 0) is 11.8 Å². The number of aliphatic hydroxyl groups excluding tert-OH is 5. The van der Waals surface area contributed by atoms with Crippen molar-refractivity contribution in [3.8, 4) is 0 Å². The fraction of sp³-hybridized carbons (Fsp3) is 1.00. The third-order valence-corrected chi connectivity index (χ3v) is 2.15. The lowest BCUT2D eigenvalue weighted by Crippen LogP contribution is -2.46. The summed E-state index contributed by atoms with van der Waals surface area (Å²) in [5.74, 6) is 0. The normalized spacial score (nSPS) is 20.8. The van der Waals surface area contributed by atoms with Crippen LogP contribution in [0.1, 0.15) is 27.2 Å². The van der Waals surface area contributed by atoms with Gasteiger partial charge in [0.1, 0.15) is 18.3 Å². The highest BCUT2D eigenvalue weighted by atomic mass is 16.4. The van der Waals surface area contributed by atoms with Gasteiger partial charge in [0.05, 0.1) is 12.7 Å². The van der Waals surface area contributed by atoms with E-state index in [-0.39, 0.29) is 5.41 Å². The molecule has 0 radical (unpaired) electrons. The molecule has 0 aliphatic rings. The van der Waals surface area contributed by atoms with Crippen LogP contribution in [0.15, 0.2) is 0 Å². The molecule has 0 saturated carbocycles. The highest BCUT2D eigenvalue weighted by molar-refractivity contribution is 4.83. The molecular weight excluding hydrogens is 200 g/mol. The Bertz CT molecular complexity index is 177. The maximum atomic E-state index is 9.57. The van der Waals surface area contributed by atoms with Gasteiger partial charge < -0.3 is 25.5 Å². The molecule has 0 fully saturated rings. The Hall–Kier alpha value is -0.200. The van der Waals surface area contributed by atoms with Crippen molar-refractivity contribution in [2.45, 2.75) is 51.6 Å². The highest BCUT2D eigenvalue weighted by Crippen LogP contribution is 2.23. The van der Waals surface area contributed by atoms with E-state index >= 15 is 0 Å². The van der Waals surface area contributed by atoms with Gasteiger partial charge in [-0.3, -0.25) is 0 Å². The summed E-state index contributed by atoms with van der Waals surface area (Å²) >= 11 is 0. The average molecular weight is 222 g/mol. The summed E-state index contributed by atoms with van der Waals surface area (Å²) in [5.41, 5.74) is -0.190.